The van der Waals surface area contributed by atoms with Crippen molar-refractivity contribution < 1.29 is 0 Å². The molecule has 0 saturated carbocycles. The first-order valence-corrected chi connectivity index (χ1v) is 16.0. The fourth-order valence-electron chi connectivity index (χ4n) is 5.83. The van der Waals surface area contributed by atoms with E-state index in [9.17, 15) is 0 Å². The highest BCUT2D eigenvalue weighted by molar-refractivity contribution is 8.06. The number of nitrogens with zero attached hydrogens (tertiary/aromatic N) is 2. The van der Waals surface area contributed by atoms with Crippen LogP contribution >= 0.6 is 11.8 Å². The van der Waals surface area contributed by atoms with Crippen LogP contribution in [0.4, 0.5) is 11.4 Å². The molecule has 1 heterocycles. The molecule has 6 aromatic rings. The number of allylic oxidation sites excluding steroid dienone is 6. The molecule has 0 aliphatic heterocycles. The number of hydrogen-bond acceptors (Lipinski definition) is 2. The lowest BCUT2D eigenvalue weighted by Crippen LogP contribution is -2.17. The van der Waals surface area contributed by atoms with E-state index in [1.54, 1.807) is 11.8 Å². The number of thioether (sulfide) groups is 1. The Hall–Kier alpha value is -5.25. The van der Waals surface area contributed by atoms with Crippen molar-refractivity contribution in [2.45, 2.75) is 13.8 Å². The molecule has 0 radical (unpaired) electrons. The van der Waals surface area contributed by atoms with E-state index < -0.39 is 0 Å². The Kier molecular flexibility index (Phi) is 9.00. The molecule has 220 valence electrons. The maximum Gasteiger partial charge on any atom is 0.0597 e. The molecule has 0 aliphatic rings. The van der Waals surface area contributed by atoms with E-state index in [0.29, 0.717) is 0 Å². The minimum Gasteiger partial charge on any atom is -0.309 e. The van der Waals surface area contributed by atoms with Gasteiger partial charge in [-0.05, 0) is 78.4 Å². The lowest BCUT2D eigenvalue weighted by Gasteiger charge is -2.29. The van der Waals surface area contributed by atoms with Gasteiger partial charge < -0.3 is 9.47 Å². The van der Waals surface area contributed by atoms with Gasteiger partial charge >= 0.3 is 0 Å². The highest BCUT2D eigenvalue weighted by atomic mass is 32.2. The molecule has 0 fully saturated rings. The number of aromatic nitrogens is 1. The minimum atomic E-state index is 1.04. The summed E-state index contributed by atoms with van der Waals surface area (Å²) in [5, 5.41) is 2.49. The monoisotopic (exact) mass is 600 g/mol. The van der Waals surface area contributed by atoms with Gasteiger partial charge in [0.2, 0.25) is 0 Å². The molecule has 0 unspecified atom stereocenters. The summed E-state index contributed by atoms with van der Waals surface area (Å²) in [7, 11) is 0. The van der Waals surface area contributed by atoms with Gasteiger partial charge in [0.1, 0.15) is 0 Å². The number of anilines is 2. The zero-order chi connectivity index (χ0) is 31.2. The quantitative estimate of drug-likeness (QED) is 0.145. The molecule has 1 aromatic heterocycles. The third-order valence-electron chi connectivity index (χ3n) is 7.79. The summed E-state index contributed by atoms with van der Waals surface area (Å²) >= 11 is 1.69. The van der Waals surface area contributed by atoms with Gasteiger partial charge in [0.25, 0.3) is 0 Å². The van der Waals surface area contributed by atoms with Gasteiger partial charge in [0.15, 0.2) is 0 Å². The van der Waals surface area contributed by atoms with Crippen molar-refractivity contribution in [1.29, 1.82) is 0 Å². The zero-order valence-corrected chi connectivity index (χ0v) is 26.5. The van der Waals surface area contributed by atoms with E-state index in [-0.39, 0.29) is 0 Å². The van der Waals surface area contributed by atoms with Crippen molar-refractivity contribution in [3.05, 3.63) is 186 Å². The molecule has 0 spiro atoms. The Morgan fingerprint density at radius 3 is 1.93 bits per heavy atom. The molecule has 3 heteroatoms. The smallest absolute Gasteiger partial charge is 0.0597 e. The SMILES string of the molecule is C=C/C=C(\C)S/C(C=C)=C(/C=C\C)N(c1ccc(-c2ccccc2)cc1)c1cccc(-n2c3ccccc3c3ccccc32)c1. The third-order valence-corrected chi connectivity index (χ3v) is 8.84. The summed E-state index contributed by atoms with van der Waals surface area (Å²) in [6, 6.07) is 45.4. The largest absolute Gasteiger partial charge is 0.309 e. The van der Waals surface area contributed by atoms with Crippen molar-refractivity contribution in [3.63, 3.8) is 0 Å². The van der Waals surface area contributed by atoms with Gasteiger partial charge in [-0.2, -0.15) is 0 Å². The van der Waals surface area contributed by atoms with Crippen LogP contribution in [0.15, 0.2) is 186 Å². The first kappa shape index (κ1) is 29.8. The predicted octanol–water partition coefficient (Wildman–Crippen LogP) is 12.4. The molecule has 0 atom stereocenters. The third kappa shape index (κ3) is 6.08. The van der Waals surface area contributed by atoms with E-state index >= 15 is 0 Å². The first-order chi connectivity index (χ1) is 22.1. The van der Waals surface area contributed by atoms with Crippen molar-refractivity contribution in [3.8, 4) is 16.8 Å². The Bertz CT molecular complexity index is 2020. The first-order valence-electron chi connectivity index (χ1n) is 15.1. The van der Waals surface area contributed by atoms with Crippen LogP contribution in [0.1, 0.15) is 13.8 Å². The van der Waals surface area contributed by atoms with Crippen LogP contribution in [0.3, 0.4) is 0 Å². The second-order valence-corrected chi connectivity index (χ2v) is 12.0. The van der Waals surface area contributed by atoms with Crippen molar-refractivity contribution in [2.75, 3.05) is 4.90 Å². The van der Waals surface area contributed by atoms with Gasteiger partial charge in [0.05, 0.1) is 16.7 Å². The van der Waals surface area contributed by atoms with E-state index in [0.717, 1.165) is 32.6 Å². The zero-order valence-electron chi connectivity index (χ0n) is 25.7. The average molecular weight is 601 g/mol. The van der Waals surface area contributed by atoms with Crippen LogP contribution in [-0.2, 0) is 0 Å². The van der Waals surface area contributed by atoms with Gasteiger partial charge in [0, 0.05) is 32.7 Å². The topological polar surface area (TPSA) is 8.17 Å². The summed E-state index contributed by atoms with van der Waals surface area (Å²) in [6.07, 6.45) is 10.1. The lowest BCUT2D eigenvalue weighted by molar-refractivity contribution is 1.15. The number of hydrogen-bond donors (Lipinski definition) is 0. The van der Waals surface area contributed by atoms with E-state index in [2.05, 4.69) is 176 Å². The number of fused-ring (bicyclic) bond motifs is 3. The molecule has 6 rings (SSSR count). The van der Waals surface area contributed by atoms with E-state index in [4.69, 9.17) is 0 Å². The molecule has 0 aliphatic carbocycles. The molecule has 45 heavy (non-hydrogen) atoms. The van der Waals surface area contributed by atoms with Crippen LogP contribution in [0.5, 0.6) is 0 Å². The fraction of sp³-hybridized carbons (Fsp3) is 0.0476. The molecule has 5 aromatic carbocycles. The fourth-order valence-corrected chi connectivity index (χ4v) is 6.69. The molecular formula is C42H36N2S. The van der Waals surface area contributed by atoms with Crippen LogP contribution in [0.2, 0.25) is 0 Å². The van der Waals surface area contributed by atoms with Crippen LogP contribution in [-0.4, -0.2) is 4.57 Å². The maximum absolute atomic E-state index is 4.23. The molecular weight excluding hydrogens is 565 g/mol. The summed E-state index contributed by atoms with van der Waals surface area (Å²) in [4.78, 5) is 4.52. The van der Waals surface area contributed by atoms with Crippen molar-refractivity contribution in [1.82, 2.24) is 4.57 Å². The summed E-state index contributed by atoms with van der Waals surface area (Å²) in [5.41, 5.74) is 9.01. The minimum absolute atomic E-state index is 1.04. The van der Waals surface area contributed by atoms with Crippen molar-refractivity contribution >= 4 is 44.9 Å². The number of para-hydroxylation sites is 2. The molecule has 0 bridgehead atoms. The Morgan fingerprint density at radius 1 is 0.689 bits per heavy atom. The van der Waals surface area contributed by atoms with Gasteiger partial charge in [-0.25, -0.2) is 0 Å². The molecule has 0 amide bonds. The van der Waals surface area contributed by atoms with Crippen LogP contribution in [0, 0.1) is 0 Å². The Labute approximate surface area is 270 Å². The summed E-state index contributed by atoms with van der Waals surface area (Å²) in [6.45, 7) is 12.3. The Balaban J connectivity index is 1.57. The van der Waals surface area contributed by atoms with E-state index in [1.807, 2.05) is 18.2 Å². The van der Waals surface area contributed by atoms with E-state index in [1.165, 1.54) is 32.9 Å². The van der Waals surface area contributed by atoms with Gasteiger partial charge in [-0.15, -0.1) is 0 Å². The van der Waals surface area contributed by atoms with Crippen molar-refractivity contribution in [2.24, 2.45) is 0 Å². The highest BCUT2D eigenvalue weighted by Gasteiger charge is 2.19. The highest BCUT2D eigenvalue weighted by Crippen LogP contribution is 2.40. The number of rotatable bonds is 10. The normalized spacial score (nSPS) is 12.4. The van der Waals surface area contributed by atoms with Gasteiger partial charge in [-0.1, -0.05) is 134 Å². The van der Waals surface area contributed by atoms with Crippen LogP contribution < -0.4 is 4.90 Å². The van der Waals surface area contributed by atoms with Gasteiger partial charge in [-0.3, -0.25) is 0 Å². The lowest BCUT2D eigenvalue weighted by atomic mass is 10.0. The molecule has 2 nitrogen and oxygen atoms in total. The average Bonchev–Trinajstić information content (AvgIpc) is 3.42. The standard InChI is InChI=1S/C42H36N2S/c1-5-16-31(4)45-42(7-3)41(17-6-2)43(34-28-26-33(27-29-34)32-18-9-8-10-19-32)35-20-15-21-36(30-35)44-39-24-13-11-22-37(39)38-23-12-14-25-40(38)44/h5-30H,1,3H2,2,4H3/b17-6-,31-16+,42-41-. The van der Waals surface area contributed by atoms with Crippen LogP contribution in [0.25, 0.3) is 38.6 Å². The second-order valence-electron chi connectivity index (χ2n) is 10.7. The maximum atomic E-state index is 4.23. The second kappa shape index (κ2) is 13.6. The summed E-state index contributed by atoms with van der Waals surface area (Å²) in [5.74, 6) is 0. The molecule has 0 N–H and O–H groups in total. The summed E-state index contributed by atoms with van der Waals surface area (Å²) < 4.78 is 2.37. The molecule has 0 saturated heterocycles. The number of benzene rings is 5. The Morgan fingerprint density at radius 2 is 1.31 bits per heavy atom. The predicted molar refractivity (Wildman–Crippen MR) is 198 cm³/mol.